The zero-order valence-electron chi connectivity index (χ0n) is 6.97. The van der Waals surface area contributed by atoms with Crippen molar-refractivity contribution in [3.63, 3.8) is 0 Å². The van der Waals surface area contributed by atoms with Crippen molar-refractivity contribution < 1.29 is 9.13 Å². The highest BCUT2D eigenvalue weighted by atomic mass is 19.1. The Morgan fingerprint density at radius 3 is 3.00 bits per heavy atom. The van der Waals surface area contributed by atoms with E-state index in [1.807, 2.05) is 0 Å². The van der Waals surface area contributed by atoms with E-state index in [9.17, 15) is 4.39 Å². The molecule has 0 amide bonds. The Morgan fingerprint density at radius 1 is 1.54 bits per heavy atom. The maximum atomic E-state index is 13.4. The third-order valence-electron chi connectivity index (χ3n) is 1.80. The molecule has 0 fully saturated rings. The third-order valence-corrected chi connectivity index (χ3v) is 1.80. The van der Waals surface area contributed by atoms with Gasteiger partial charge in [-0.05, 0) is 12.1 Å². The fraction of sp³-hybridized carbons (Fsp3) is 0.125. The predicted octanol–water partition coefficient (Wildman–Crippen LogP) is 1.29. The smallest absolute Gasteiger partial charge is 0.198 e. The first-order chi connectivity index (χ1) is 6.22. The summed E-state index contributed by atoms with van der Waals surface area (Å²) in [5.41, 5.74) is 6.15. The first kappa shape index (κ1) is 7.85. The quantitative estimate of drug-likeness (QED) is 0.696. The number of nitrogens with one attached hydrogen (secondary N) is 1. The number of ether oxygens (including phenoxy) is 1. The van der Waals surface area contributed by atoms with Crippen LogP contribution in [0.2, 0.25) is 0 Å². The molecule has 0 bridgehead atoms. The van der Waals surface area contributed by atoms with Crippen molar-refractivity contribution in [2.45, 2.75) is 0 Å². The van der Waals surface area contributed by atoms with Crippen molar-refractivity contribution >= 4 is 17.0 Å². The average molecular weight is 181 g/mol. The highest BCUT2D eigenvalue weighted by Gasteiger charge is 2.10. The van der Waals surface area contributed by atoms with Crippen LogP contribution in [0.3, 0.4) is 0 Å². The Bertz CT molecular complexity index is 452. The fourth-order valence-electron chi connectivity index (χ4n) is 1.20. The lowest BCUT2D eigenvalue weighted by atomic mass is 10.3. The van der Waals surface area contributed by atoms with E-state index in [0.29, 0.717) is 5.52 Å². The summed E-state index contributed by atoms with van der Waals surface area (Å²) in [6.07, 6.45) is 0. The molecular weight excluding hydrogens is 173 g/mol. The number of rotatable bonds is 1. The molecule has 0 atom stereocenters. The molecule has 5 heteroatoms. The molecule has 1 aromatic carbocycles. The molecule has 68 valence electrons. The van der Waals surface area contributed by atoms with E-state index in [0.717, 1.165) is 0 Å². The predicted molar refractivity (Wildman–Crippen MR) is 47.0 cm³/mol. The molecule has 13 heavy (non-hydrogen) atoms. The van der Waals surface area contributed by atoms with Crippen LogP contribution in [0.1, 0.15) is 0 Å². The number of H-pyrrole nitrogens is 1. The van der Waals surface area contributed by atoms with Gasteiger partial charge in [0.25, 0.3) is 0 Å². The number of nitrogens with two attached hydrogens (primary N) is 1. The third kappa shape index (κ3) is 1.09. The minimum atomic E-state index is -0.493. The van der Waals surface area contributed by atoms with E-state index in [1.54, 1.807) is 6.07 Å². The summed E-state index contributed by atoms with van der Waals surface area (Å²) in [7, 11) is 1.40. The van der Waals surface area contributed by atoms with Crippen molar-refractivity contribution in [2.75, 3.05) is 12.8 Å². The Morgan fingerprint density at radius 2 is 2.31 bits per heavy atom. The Labute approximate surface area is 73.5 Å². The normalized spacial score (nSPS) is 10.6. The van der Waals surface area contributed by atoms with Crippen LogP contribution in [-0.2, 0) is 0 Å². The summed E-state index contributed by atoms with van der Waals surface area (Å²) in [4.78, 5) is 6.51. The zero-order valence-corrected chi connectivity index (χ0v) is 6.97. The number of nitrogen functional groups attached to an aromatic ring is 1. The van der Waals surface area contributed by atoms with Crippen LogP contribution in [0, 0.1) is 5.82 Å². The van der Waals surface area contributed by atoms with Crippen LogP contribution >= 0.6 is 0 Å². The molecule has 0 spiro atoms. The maximum absolute atomic E-state index is 13.4. The van der Waals surface area contributed by atoms with Crippen molar-refractivity contribution in [2.24, 2.45) is 0 Å². The van der Waals surface area contributed by atoms with Gasteiger partial charge in [-0.1, -0.05) is 0 Å². The standard InChI is InChI=1S/C8H8FN3O/c1-13-5-3-2-4-7(6(5)9)12-8(10)11-4/h2-3H,1H3,(H3,10,11,12). The van der Waals surface area contributed by atoms with Gasteiger partial charge in [-0.25, -0.2) is 9.37 Å². The second-order valence-electron chi connectivity index (χ2n) is 2.60. The van der Waals surface area contributed by atoms with Crippen LogP contribution in [0.4, 0.5) is 10.3 Å². The van der Waals surface area contributed by atoms with Gasteiger partial charge in [-0.15, -0.1) is 0 Å². The zero-order chi connectivity index (χ0) is 9.42. The second-order valence-corrected chi connectivity index (χ2v) is 2.60. The number of fused-ring (bicyclic) bond motifs is 1. The number of aromatic nitrogens is 2. The molecular formula is C8H8FN3O. The Kier molecular flexibility index (Phi) is 1.58. The number of hydrogen-bond donors (Lipinski definition) is 2. The van der Waals surface area contributed by atoms with Crippen LogP contribution in [-0.4, -0.2) is 17.1 Å². The van der Waals surface area contributed by atoms with Gasteiger partial charge in [0.2, 0.25) is 0 Å². The topological polar surface area (TPSA) is 63.9 Å². The van der Waals surface area contributed by atoms with Crippen molar-refractivity contribution in [1.82, 2.24) is 9.97 Å². The molecule has 1 aromatic heterocycles. The van der Waals surface area contributed by atoms with Gasteiger partial charge < -0.3 is 15.5 Å². The summed E-state index contributed by atoms with van der Waals surface area (Å²) in [5.74, 6) is -0.130. The molecule has 2 rings (SSSR count). The number of aromatic amines is 1. The van der Waals surface area contributed by atoms with E-state index in [2.05, 4.69) is 9.97 Å². The molecule has 0 unspecified atom stereocenters. The molecule has 2 aromatic rings. The molecule has 0 aliphatic rings. The summed E-state index contributed by atoms with van der Waals surface area (Å²) < 4.78 is 18.2. The lowest BCUT2D eigenvalue weighted by molar-refractivity contribution is 0.388. The molecule has 0 aliphatic heterocycles. The van der Waals surface area contributed by atoms with Gasteiger partial charge in [0.15, 0.2) is 17.5 Å². The molecule has 0 saturated carbocycles. The summed E-state index contributed by atoms with van der Waals surface area (Å²) in [5, 5.41) is 0. The molecule has 0 saturated heterocycles. The summed E-state index contributed by atoms with van der Waals surface area (Å²) >= 11 is 0. The second kappa shape index (κ2) is 2.62. The van der Waals surface area contributed by atoms with Gasteiger partial charge in [0, 0.05) is 0 Å². The average Bonchev–Trinajstić information content (AvgIpc) is 2.47. The van der Waals surface area contributed by atoms with E-state index in [1.165, 1.54) is 13.2 Å². The monoisotopic (exact) mass is 181 g/mol. The number of hydrogen-bond acceptors (Lipinski definition) is 3. The number of benzene rings is 1. The van der Waals surface area contributed by atoms with Crippen LogP contribution < -0.4 is 10.5 Å². The first-order valence-electron chi connectivity index (χ1n) is 3.70. The molecule has 1 heterocycles. The Hall–Kier alpha value is -1.78. The first-order valence-corrected chi connectivity index (χ1v) is 3.70. The van der Waals surface area contributed by atoms with Crippen LogP contribution in [0.25, 0.3) is 11.0 Å². The summed E-state index contributed by atoms with van der Waals surface area (Å²) in [6.45, 7) is 0. The number of imidazole rings is 1. The molecule has 3 N–H and O–H groups in total. The minimum Gasteiger partial charge on any atom is -0.494 e. The van der Waals surface area contributed by atoms with Gasteiger partial charge in [0.1, 0.15) is 5.52 Å². The lowest BCUT2D eigenvalue weighted by Gasteiger charge is -1.99. The largest absolute Gasteiger partial charge is 0.494 e. The number of halogens is 1. The minimum absolute atomic E-state index is 0.166. The van der Waals surface area contributed by atoms with Gasteiger partial charge >= 0.3 is 0 Å². The maximum Gasteiger partial charge on any atom is 0.198 e. The molecule has 0 aliphatic carbocycles. The molecule has 0 radical (unpaired) electrons. The van der Waals surface area contributed by atoms with E-state index < -0.39 is 5.82 Å². The lowest BCUT2D eigenvalue weighted by Crippen LogP contribution is -1.88. The van der Waals surface area contributed by atoms with Gasteiger partial charge in [0.05, 0.1) is 12.6 Å². The van der Waals surface area contributed by atoms with Gasteiger partial charge in [-0.3, -0.25) is 0 Å². The number of anilines is 1. The molecule has 4 nitrogen and oxygen atoms in total. The fourth-order valence-corrected chi connectivity index (χ4v) is 1.20. The number of methoxy groups -OCH3 is 1. The van der Waals surface area contributed by atoms with E-state index >= 15 is 0 Å². The summed E-state index contributed by atoms with van der Waals surface area (Å²) in [6, 6.07) is 3.19. The van der Waals surface area contributed by atoms with E-state index in [4.69, 9.17) is 10.5 Å². The Balaban J connectivity index is 2.78. The van der Waals surface area contributed by atoms with Crippen LogP contribution in [0.5, 0.6) is 5.75 Å². The number of nitrogens with zero attached hydrogens (tertiary/aromatic N) is 1. The van der Waals surface area contributed by atoms with Crippen molar-refractivity contribution in [1.29, 1.82) is 0 Å². The van der Waals surface area contributed by atoms with Crippen LogP contribution in [0.15, 0.2) is 12.1 Å². The van der Waals surface area contributed by atoms with Crippen molar-refractivity contribution in [3.05, 3.63) is 17.9 Å². The van der Waals surface area contributed by atoms with E-state index in [-0.39, 0.29) is 17.2 Å². The highest BCUT2D eigenvalue weighted by molar-refractivity contribution is 5.79. The van der Waals surface area contributed by atoms with Gasteiger partial charge in [-0.2, -0.15) is 0 Å². The highest BCUT2D eigenvalue weighted by Crippen LogP contribution is 2.24. The SMILES string of the molecule is COc1ccc2[nH]c(N)nc2c1F. The van der Waals surface area contributed by atoms with Crippen molar-refractivity contribution in [3.8, 4) is 5.75 Å².